The summed E-state index contributed by atoms with van der Waals surface area (Å²) in [7, 11) is 2.87. The minimum atomic E-state index is 0.659. The Morgan fingerprint density at radius 2 is 1.62 bits per heavy atom. The lowest BCUT2D eigenvalue weighted by atomic mass is 10.1. The van der Waals surface area contributed by atoms with Crippen LogP contribution in [-0.2, 0) is 7.05 Å². The normalized spacial score (nSPS) is 8.29. The largest absolute Gasteiger partial charge is 0.400 e. The van der Waals surface area contributed by atoms with Crippen LogP contribution in [0.25, 0.3) is 6.08 Å². The second-order valence-electron chi connectivity index (χ2n) is 3.79. The van der Waals surface area contributed by atoms with Gasteiger partial charge in [-0.15, -0.1) is 0 Å². The van der Waals surface area contributed by atoms with Crippen molar-refractivity contribution in [3.05, 3.63) is 59.4 Å². The van der Waals surface area contributed by atoms with Crippen molar-refractivity contribution in [2.45, 2.75) is 27.7 Å². The maximum atomic E-state index is 10.5. The van der Waals surface area contributed by atoms with E-state index < -0.39 is 0 Å². The summed E-state index contributed by atoms with van der Waals surface area (Å²) in [4.78, 5) is 10.5. The molecule has 4 nitrogen and oxygen atoms in total. The first-order valence-electron chi connectivity index (χ1n) is 7.94. The number of allylic oxidation sites excluding steroid dienone is 1. The second kappa shape index (κ2) is 16.7. The predicted octanol–water partition coefficient (Wildman–Crippen LogP) is 3.96. The molecule has 0 fully saturated rings. The van der Waals surface area contributed by atoms with Gasteiger partial charge in [0.25, 0.3) is 0 Å². The molecule has 1 aromatic heterocycles. The van der Waals surface area contributed by atoms with Gasteiger partial charge >= 0.3 is 0 Å². The Bertz CT molecular complexity index is 630. The lowest BCUT2D eigenvalue weighted by Gasteiger charge is -1.89. The van der Waals surface area contributed by atoms with Crippen molar-refractivity contribution < 1.29 is 9.90 Å². The number of benzene rings is 1. The van der Waals surface area contributed by atoms with Crippen molar-refractivity contribution in [3.8, 4) is 11.8 Å². The van der Waals surface area contributed by atoms with E-state index in [0.29, 0.717) is 5.56 Å². The molecule has 4 heteroatoms. The molecule has 0 saturated carbocycles. The number of rotatable bonds is 2. The number of carbonyl (C=O) groups is 1. The van der Waals surface area contributed by atoms with E-state index in [0.717, 1.165) is 24.5 Å². The van der Waals surface area contributed by atoms with Crippen molar-refractivity contribution in [1.82, 2.24) is 9.78 Å². The lowest BCUT2D eigenvalue weighted by molar-refractivity contribution is 0.112. The Morgan fingerprint density at radius 1 is 1.04 bits per heavy atom. The molecule has 0 aliphatic heterocycles. The van der Waals surface area contributed by atoms with E-state index in [1.54, 1.807) is 29.1 Å². The van der Waals surface area contributed by atoms with Crippen LogP contribution in [0, 0.1) is 11.8 Å². The van der Waals surface area contributed by atoms with Gasteiger partial charge in [0.2, 0.25) is 0 Å². The Labute approximate surface area is 145 Å². The summed E-state index contributed by atoms with van der Waals surface area (Å²) in [5, 5.41) is 11.1. The van der Waals surface area contributed by atoms with E-state index in [4.69, 9.17) is 5.11 Å². The Hall–Kier alpha value is -2.64. The maximum absolute atomic E-state index is 10.5. The summed E-state index contributed by atoms with van der Waals surface area (Å²) < 4.78 is 1.74. The fraction of sp³-hybridized carbons (Fsp3) is 0.300. The number of aldehydes is 1. The van der Waals surface area contributed by atoms with Gasteiger partial charge in [-0.2, -0.15) is 5.10 Å². The van der Waals surface area contributed by atoms with Crippen molar-refractivity contribution in [3.63, 3.8) is 0 Å². The molecule has 0 unspecified atom stereocenters. The van der Waals surface area contributed by atoms with Gasteiger partial charge in [-0.3, -0.25) is 9.48 Å². The zero-order chi connectivity index (χ0) is 18.8. The topological polar surface area (TPSA) is 55.1 Å². The van der Waals surface area contributed by atoms with Crippen LogP contribution in [0.2, 0.25) is 0 Å². The number of hydrogen-bond acceptors (Lipinski definition) is 3. The van der Waals surface area contributed by atoms with Crippen LogP contribution in [0.15, 0.2) is 42.7 Å². The number of aromatic nitrogens is 2. The van der Waals surface area contributed by atoms with Gasteiger partial charge < -0.3 is 5.11 Å². The van der Waals surface area contributed by atoms with Crippen molar-refractivity contribution in [2.75, 3.05) is 7.11 Å². The zero-order valence-corrected chi connectivity index (χ0v) is 15.4. The number of aliphatic hydroxyl groups excluding tert-OH is 1. The van der Waals surface area contributed by atoms with Crippen LogP contribution in [-0.4, -0.2) is 28.3 Å². The molecule has 1 N–H and O–H groups in total. The van der Waals surface area contributed by atoms with E-state index in [2.05, 4.69) is 16.9 Å². The first-order chi connectivity index (χ1) is 11.8. The van der Waals surface area contributed by atoms with Crippen molar-refractivity contribution >= 4 is 12.4 Å². The highest BCUT2D eigenvalue weighted by Crippen LogP contribution is 2.01. The molecule has 0 aliphatic carbocycles. The molecule has 1 aromatic carbocycles. The molecule has 0 bridgehead atoms. The molecule has 24 heavy (non-hydrogen) atoms. The third kappa shape index (κ3) is 10.1. The minimum absolute atomic E-state index is 0.659. The van der Waals surface area contributed by atoms with E-state index >= 15 is 0 Å². The maximum Gasteiger partial charge on any atom is 0.150 e. The van der Waals surface area contributed by atoms with Crippen LogP contribution in [0.1, 0.15) is 49.2 Å². The average Bonchev–Trinajstić information content (AvgIpc) is 3.09. The first kappa shape index (κ1) is 23.6. The molecule has 0 amide bonds. The van der Waals surface area contributed by atoms with E-state index in [9.17, 15) is 4.79 Å². The van der Waals surface area contributed by atoms with Crippen LogP contribution < -0.4 is 0 Å². The Morgan fingerprint density at radius 3 is 2.08 bits per heavy atom. The monoisotopic (exact) mass is 328 g/mol. The fourth-order valence-corrected chi connectivity index (χ4v) is 1.43. The van der Waals surface area contributed by atoms with Gasteiger partial charge in [-0.1, -0.05) is 51.7 Å². The van der Waals surface area contributed by atoms with E-state index in [1.165, 1.54) is 0 Å². The quantitative estimate of drug-likeness (QED) is 0.670. The molecular formula is C20H28N2O2. The fourth-order valence-electron chi connectivity index (χ4n) is 1.43. The number of carbonyl (C=O) groups excluding carboxylic acids is 1. The van der Waals surface area contributed by atoms with Gasteiger partial charge in [0, 0.05) is 37.0 Å². The van der Waals surface area contributed by atoms with Crippen molar-refractivity contribution in [2.24, 2.45) is 7.05 Å². The van der Waals surface area contributed by atoms with Gasteiger partial charge in [0.05, 0.1) is 6.20 Å². The Kier molecular flexibility index (Phi) is 16.5. The second-order valence-corrected chi connectivity index (χ2v) is 3.79. The summed E-state index contributed by atoms with van der Waals surface area (Å²) >= 11 is 0. The predicted molar refractivity (Wildman–Crippen MR) is 102 cm³/mol. The highest BCUT2D eigenvalue weighted by molar-refractivity contribution is 5.74. The molecule has 0 atom stereocenters. The van der Waals surface area contributed by atoms with Crippen LogP contribution in [0.5, 0.6) is 0 Å². The standard InChI is InChI=1S/C15H12N2O.2C2H6.CH4O/c1-17-11-15(10-16-17)5-3-2-4-13-6-8-14(12-18)9-7-13;3*1-2/h3,5-12H,1H3;2*1-2H3;2H,1H3/b5-3+;;;. The number of nitrogens with zero attached hydrogens (tertiary/aromatic N) is 2. The molecule has 2 aromatic rings. The summed E-state index contributed by atoms with van der Waals surface area (Å²) in [6, 6.07) is 7.16. The zero-order valence-electron chi connectivity index (χ0n) is 15.4. The smallest absolute Gasteiger partial charge is 0.150 e. The molecule has 0 spiro atoms. The molecule has 2 rings (SSSR count). The summed E-state index contributed by atoms with van der Waals surface area (Å²) in [5.74, 6) is 5.93. The highest BCUT2D eigenvalue weighted by Gasteiger charge is 1.89. The van der Waals surface area contributed by atoms with Crippen LogP contribution >= 0.6 is 0 Å². The molecule has 0 aliphatic rings. The summed E-state index contributed by atoms with van der Waals surface area (Å²) in [5.41, 5.74) is 2.56. The summed E-state index contributed by atoms with van der Waals surface area (Å²) in [6.07, 6.45) is 8.19. The summed E-state index contributed by atoms with van der Waals surface area (Å²) in [6.45, 7) is 8.00. The first-order valence-corrected chi connectivity index (χ1v) is 7.94. The third-order valence-electron chi connectivity index (χ3n) is 2.35. The van der Waals surface area contributed by atoms with Gasteiger partial charge in [0.1, 0.15) is 6.29 Å². The SMILES string of the molecule is CC.CC.CO.Cn1cc(/C=C/C#Cc2ccc(C=O)cc2)cn1. The number of hydrogen-bond donors (Lipinski definition) is 1. The van der Waals surface area contributed by atoms with Crippen LogP contribution in [0.3, 0.4) is 0 Å². The number of aryl methyl sites for hydroxylation is 1. The molecule has 0 radical (unpaired) electrons. The lowest BCUT2D eigenvalue weighted by Crippen LogP contribution is -1.83. The molecule has 130 valence electrons. The highest BCUT2D eigenvalue weighted by atomic mass is 16.2. The van der Waals surface area contributed by atoms with E-state index in [-0.39, 0.29) is 0 Å². The van der Waals surface area contributed by atoms with Gasteiger partial charge in [-0.25, -0.2) is 0 Å². The average molecular weight is 328 g/mol. The van der Waals surface area contributed by atoms with Gasteiger partial charge in [-0.05, 0) is 24.3 Å². The van der Waals surface area contributed by atoms with Crippen molar-refractivity contribution in [1.29, 1.82) is 0 Å². The van der Waals surface area contributed by atoms with Crippen LogP contribution in [0.4, 0.5) is 0 Å². The van der Waals surface area contributed by atoms with E-state index in [1.807, 2.05) is 59.1 Å². The third-order valence-corrected chi connectivity index (χ3v) is 2.35. The molecular weight excluding hydrogens is 300 g/mol. The van der Waals surface area contributed by atoms with Gasteiger partial charge in [0.15, 0.2) is 0 Å². The molecule has 1 heterocycles. The molecule has 0 saturated heterocycles. The number of aliphatic hydroxyl groups is 1. The minimum Gasteiger partial charge on any atom is -0.400 e. The Balaban J connectivity index is 0.